The van der Waals surface area contributed by atoms with Gasteiger partial charge in [0.05, 0.1) is 17.4 Å². The van der Waals surface area contributed by atoms with Gasteiger partial charge in [0.15, 0.2) is 0 Å². The van der Waals surface area contributed by atoms with Crippen molar-refractivity contribution in [2.45, 2.75) is 26.3 Å². The minimum Gasteiger partial charge on any atom is -0.480 e. The highest BCUT2D eigenvalue weighted by atomic mass is 19.1. The number of nitrogens with zero attached hydrogens (tertiary/aromatic N) is 1. The summed E-state index contributed by atoms with van der Waals surface area (Å²) >= 11 is 0. The van der Waals surface area contributed by atoms with Crippen LogP contribution in [-0.4, -0.2) is 33.0 Å². The van der Waals surface area contributed by atoms with Crippen molar-refractivity contribution in [2.24, 2.45) is 5.92 Å². The van der Waals surface area contributed by atoms with Crippen LogP contribution in [0.25, 0.3) is 11.0 Å². The number of carboxylic acids is 1. The maximum atomic E-state index is 13.5. The molecule has 1 aromatic carbocycles. The van der Waals surface area contributed by atoms with Gasteiger partial charge in [-0.25, -0.2) is 14.2 Å². The second-order valence-electron chi connectivity index (χ2n) is 4.93. The van der Waals surface area contributed by atoms with Gasteiger partial charge in [0.1, 0.15) is 17.4 Å². The van der Waals surface area contributed by atoms with Crippen molar-refractivity contribution in [2.75, 3.05) is 0 Å². The molecule has 1 aromatic heterocycles. The first-order valence-corrected chi connectivity index (χ1v) is 6.60. The van der Waals surface area contributed by atoms with Gasteiger partial charge in [-0.05, 0) is 18.1 Å². The lowest BCUT2D eigenvalue weighted by molar-refractivity contribution is -0.140. The Kier molecular flexibility index (Phi) is 4.21. The largest absolute Gasteiger partial charge is 0.480 e. The first-order chi connectivity index (χ1) is 9.93. The standard InChI is InChI=1S/C14H16FN3O3/c1-3-7(2)11(14(20)21)18-13(19)9-4-8(15)5-10-12(9)17-6-16-10/h4-7,11H,3H2,1-2H3,(H,16,17)(H,18,19)(H,20,21). The first-order valence-electron chi connectivity index (χ1n) is 6.60. The van der Waals surface area contributed by atoms with Crippen LogP contribution in [0.4, 0.5) is 4.39 Å². The Hall–Kier alpha value is -2.44. The molecule has 0 saturated heterocycles. The molecule has 0 aliphatic heterocycles. The van der Waals surface area contributed by atoms with E-state index in [1.165, 1.54) is 12.4 Å². The number of hydrogen-bond acceptors (Lipinski definition) is 3. The normalized spacial score (nSPS) is 13.9. The molecule has 1 amide bonds. The van der Waals surface area contributed by atoms with Crippen LogP contribution < -0.4 is 5.32 Å². The summed E-state index contributed by atoms with van der Waals surface area (Å²) in [4.78, 5) is 30.2. The van der Waals surface area contributed by atoms with Crippen LogP contribution in [0, 0.1) is 11.7 Å². The number of aliphatic carboxylic acids is 1. The maximum Gasteiger partial charge on any atom is 0.326 e. The minimum atomic E-state index is -1.12. The van der Waals surface area contributed by atoms with Crippen LogP contribution in [0.5, 0.6) is 0 Å². The molecule has 21 heavy (non-hydrogen) atoms. The summed E-state index contributed by atoms with van der Waals surface area (Å²) < 4.78 is 13.5. The molecule has 2 rings (SSSR count). The minimum absolute atomic E-state index is 0.0146. The Morgan fingerprint density at radius 3 is 2.81 bits per heavy atom. The lowest BCUT2D eigenvalue weighted by Crippen LogP contribution is -2.45. The van der Waals surface area contributed by atoms with Crippen LogP contribution >= 0.6 is 0 Å². The average Bonchev–Trinajstić information content (AvgIpc) is 2.90. The lowest BCUT2D eigenvalue weighted by Gasteiger charge is -2.20. The van der Waals surface area contributed by atoms with E-state index in [1.54, 1.807) is 6.92 Å². The number of carboxylic acid groups (broad SMARTS) is 1. The van der Waals surface area contributed by atoms with E-state index in [2.05, 4.69) is 15.3 Å². The number of rotatable bonds is 5. The van der Waals surface area contributed by atoms with Gasteiger partial charge >= 0.3 is 5.97 Å². The van der Waals surface area contributed by atoms with E-state index >= 15 is 0 Å². The van der Waals surface area contributed by atoms with Crippen LogP contribution in [0.3, 0.4) is 0 Å². The second kappa shape index (κ2) is 5.90. The topological polar surface area (TPSA) is 95.1 Å². The zero-order valence-electron chi connectivity index (χ0n) is 11.7. The van der Waals surface area contributed by atoms with Gasteiger partial charge in [0.25, 0.3) is 5.91 Å². The van der Waals surface area contributed by atoms with Gasteiger partial charge in [-0.3, -0.25) is 4.79 Å². The molecule has 0 fully saturated rings. The second-order valence-corrected chi connectivity index (χ2v) is 4.93. The number of imidazole rings is 1. The number of amides is 1. The number of carbonyl (C=O) groups excluding carboxylic acids is 1. The SMILES string of the molecule is CCC(C)C(NC(=O)c1cc(F)cc2[nH]cnc12)C(=O)O. The number of aromatic nitrogens is 2. The van der Waals surface area contributed by atoms with Crippen molar-refractivity contribution in [3.63, 3.8) is 0 Å². The van der Waals surface area contributed by atoms with E-state index in [4.69, 9.17) is 0 Å². The molecule has 2 aromatic rings. The Balaban J connectivity index is 2.33. The van der Waals surface area contributed by atoms with Crippen molar-refractivity contribution in [1.82, 2.24) is 15.3 Å². The molecule has 3 N–H and O–H groups in total. The highest BCUT2D eigenvalue weighted by molar-refractivity contribution is 6.05. The third-order valence-electron chi connectivity index (χ3n) is 3.50. The predicted molar refractivity (Wildman–Crippen MR) is 74.4 cm³/mol. The van der Waals surface area contributed by atoms with Crippen molar-refractivity contribution >= 4 is 22.9 Å². The summed E-state index contributed by atoms with van der Waals surface area (Å²) in [5.74, 6) is -2.60. The van der Waals surface area contributed by atoms with E-state index in [0.717, 1.165) is 6.07 Å². The Labute approximate surface area is 120 Å². The van der Waals surface area contributed by atoms with Crippen molar-refractivity contribution in [1.29, 1.82) is 0 Å². The number of halogens is 1. The van der Waals surface area contributed by atoms with Gasteiger partial charge in [-0.15, -0.1) is 0 Å². The van der Waals surface area contributed by atoms with Gasteiger partial charge < -0.3 is 15.4 Å². The number of hydrogen-bond donors (Lipinski definition) is 3. The fraction of sp³-hybridized carbons (Fsp3) is 0.357. The van der Waals surface area contributed by atoms with E-state index in [9.17, 15) is 19.1 Å². The summed E-state index contributed by atoms with van der Waals surface area (Å²) in [6.45, 7) is 3.57. The van der Waals surface area contributed by atoms with Crippen molar-refractivity contribution < 1.29 is 19.1 Å². The number of carbonyl (C=O) groups is 2. The van der Waals surface area contributed by atoms with Crippen LogP contribution in [0.15, 0.2) is 18.5 Å². The quantitative estimate of drug-likeness (QED) is 0.785. The Morgan fingerprint density at radius 2 is 2.19 bits per heavy atom. The summed E-state index contributed by atoms with van der Waals surface area (Å²) in [7, 11) is 0. The molecule has 2 atom stereocenters. The van der Waals surface area contributed by atoms with E-state index < -0.39 is 23.7 Å². The smallest absolute Gasteiger partial charge is 0.326 e. The summed E-state index contributed by atoms with van der Waals surface area (Å²) in [6.07, 6.45) is 1.95. The molecule has 0 saturated carbocycles. The fourth-order valence-electron chi connectivity index (χ4n) is 2.09. The summed E-state index contributed by atoms with van der Waals surface area (Å²) in [5.41, 5.74) is 0.707. The van der Waals surface area contributed by atoms with E-state index in [0.29, 0.717) is 17.5 Å². The molecular formula is C14H16FN3O3. The van der Waals surface area contributed by atoms with Crippen LogP contribution in [0.2, 0.25) is 0 Å². The fourth-order valence-corrected chi connectivity index (χ4v) is 2.09. The predicted octanol–water partition coefficient (Wildman–Crippen LogP) is 1.93. The molecule has 0 radical (unpaired) electrons. The third kappa shape index (κ3) is 3.01. The number of nitrogens with one attached hydrogen (secondary N) is 2. The maximum absolute atomic E-state index is 13.5. The van der Waals surface area contributed by atoms with Crippen molar-refractivity contribution in [3.05, 3.63) is 29.8 Å². The highest BCUT2D eigenvalue weighted by Crippen LogP contribution is 2.18. The van der Waals surface area contributed by atoms with Gasteiger partial charge in [-0.2, -0.15) is 0 Å². The molecule has 2 unspecified atom stereocenters. The van der Waals surface area contributed by atoms with Gasteiger partial charge in [0.2, 0.25) is 0 Å². The molecule has 7 heteroatoms. The molecule has 0 aliphatic rings. The van der Waals surface area contributed by atoms with Crippen LogP contribution in [0.1, 0.15) is 30.6 Å². The Bertz CT molecular complexity index is 683. The number of benzene rings is 1. The van der Waals surface area contributed by atoms with Gasteiger partial charge in [-0.1, -0.05) is 20.3 Å². The summed E-state index contributed by atoms with van der Waals surface area (Å²) in [6, 6.07) is 1.25. The molecule has 112 valence electrons. The Morgan fingerprint density at radius 1 is 1.48 bits per heavy atom. The molecule has 0 bridgehead atoms. The number of fused-ring (bicyclic) bond motifs is 1. The monoisotopic (exact) mass is 293 g/mol. The molecule has 0 aliphatic carbocycles. The summed E-state index contributed by atoms with van der Waals surface area (Å²) in [5, 5.41) is 11.6. The molecule has 0 spiro atoms. The lowest BCUT2D eigenvalue weighted by atomic mass is 9.99. The number of aromatic amines is 1. The molecule has 6 nitrogen and oxygen atoms in total. The zero-order valence-corrected chi connectivity index (χ0v) is 11.7. The van der Waals surface area contributed by atoms with Crippen LogP contribution in [-0.2, 0) is 4.79 Å². The zero-order chi connectivity index (χ0) is 15.6. The van der Waals surface area contributed by atoms with Crippen molar-refractivity contribution in [3.8, 4) is 0 Å². The third-order valence-corrected chi connectivity index (χ3v) is 3.50. The average molecular weight is 293 g/mol. The molecule has 1 heterocycles. The number of H-pyrrole nitrogens is 1. The molecular weight excluding hydrogens is 277 g/mol. The highest BCUT2D eigenvalue weighted by Gasteiger charge is 2.26. The van der Waals surface area contributed by atoms with E-state index in [-0.39, 0.29) is 11.5 Å². The first kappa shape index (κ1) is 15.0. The van der Waals surface area contributed by atoms with E-state index in [1.807, 2.05) is 6.92 Å². The van der Waals surface area contributed by atoms with Gasteiger partial charge in [0, 0.05) is 0 Å².